The van der Waals surface area contributed by atoms with E-state index in [1.54, 1.807) is 27.1 Å². The summed E-state index contributed by atoms with van der Waals surface area (Å²) in [4.78, 5) is 8.84. The molecule has 4 rings (SSSR count). The molecule has 0 radical (unpaired) electrons. The van der Waals surface area contributed by atoms with Crippen LogP contribution in [-0.4, -0.2) is 46.5 Å². The third-order valence-corrected chi connectivity index (χ3v) is 8.68. The average molecular weight is 518 g/mol. The summed E-state index contributed by atoms with van der Waals surface area (Å²) in [6.45, 7) is 9.54. The molecule has 35 heavy (non-hydrogen) atoms. The number of aromatic nitrogens is 4. The predicted octanol–water partition coefficient (Wildman–Crippen LogP) is 4.62. The second kappa shape index (κ2) is 10.1. The minimum Gasteiger partial charge on any atom is -0.335 e. The van der Waals surface area contributed by atoms with Crippen molar-refractivity contribution < 1.29 is 8.42 Å². The molecular weight excluding hydrogens is 486 g/mol. The van der Waals surface area contributed by atoms with Crippen LogP contribution in [0.5, 0.6) is 0 Å². The van der Waals surface area contributed by atoms with Gasteiger partial charge in [0.2, 0.25) is 20.8 Å². The van der Waals surface area contributed by atoms with Gasteiger partial charge in [-0.15, -0.1) is 0 Å². The van der Waals surface area contributed by atoms with Crippen LogP contribution in [-0.2, 0) is 16.9 Å². The Balaban J connectivity index is 1.60. The van der Waals surface area contributed by atoms with Gasteiger partial charge in [0.25, 0.3) is 0 Å². The molecule has 0 unspecified atom stereocenters. The highest BCUT2D eigenvalue weighted by Gasteiger charge is 2.27. The quantitative estimate of drug-likeness (QED) is 0.416. The summed E-state index contributed by atoms with van der Waals surface area (Å²) >= 11 is 6.35. The summed E-state index contributed by atoms with van der Waals surface area (Å²) in [5, 5.41) is 13.5. The van der Waals surface area contributed by atoms with Crippen molar-refractivity contribution in [3.63, 3.8) is 0 Å². The number of anilines is 4. The van der Waals surface area contributed by atoms with Gasteiger partial charge in [-0.2, -0.15) is 10.1 Å². The highest BCUT2D eigenvalue weighted by molar-refractivity contribution is 7.92. The molecule has 3 N–H and O–H groups in total. The molecule has 3 aromatic rings. The highest BCUT2D eigenvalue weighted by Crippen LogP contribution is 2.33. The molecule has 1 aliphatic heterocycles. The van der Waals surface area contributed by atoms with E-state index in [0.717, 1.165) is 37.2 Å². The molecule has 0 aliphatic carbocycles. The van der Waals surface area contributed by atoms with E-state index in [4.69, 9.17) is 11.6 Å². The number of nitrogens with zero attached hydrogens (tertiary/aromatic N) is 4. The predicted molar refractivity (Wildman–Crippen MR) is 140 cm³/mol. The van der Waals surface area contributed by atoms with Crippen molar-refractivity contribution in [2.75, 3.05) is 23.7 Å². The number of hydrogen-bond donors (Lipinski definition) is 3. The van der Waals surface area contributed by atoms with Crippen molar-refractivity contribution >= 4 is 44.6 Å². The van der Waals surface area contributed by atoms with Gasteiger partial charge in [-0.25, -0.2) is 13.4 Å². The Kier molecular flexibility index (Phi) is 7.35. The summed E-state index contributed by atoms with van der Waals surface area (Å²) in [6, 6.07) is 4.38. The Morgan fingerprint density at radius 3 is 2.51 bits per heavy atom. The fourth-order valence-electron chi connectivity index (χ4n) is 4.30. The van der Waals surface area contributed by atoms with Crippen molar-refractivity contribution in [1.29, 1.82) is 0 Å². The van der Waals surface area contributed by atoms with Gasteiger partial charge in [-0.3, -0.25) is 4.68 Å². The van der Waals surface area contributed by atoms with E-state index in [1.165, 1.54) is 22.0 Å². The van der Waals surface area contributed by atoms with E-state index < -0.39 is 15.1 Å². The Morgan fingerprint density at radius 2 is 1.83 bits per heavy atom. The molecule has 9 nitrogen and oxygen atoms in total. The second-order valence-electron chi connectivity index (χ2n) is 9.30. The van der Waals surface area contributed by atoms with E-state index in [9.17, 15) is 8.42 Å². The molecule has 3 heterocycles. The third kappa shape index (κ3) is 5.44. The number of halogens is 1. The topological polar surface area (TPSA) is 114 Å². The summed E-state index contributed by atoms with van der Waals surface area (Å²) in [5.41, 5.74) is 4.96. The molecule has 0 atom stereocenters. The summed E-state index contributed by atoms with van der Waals surface area (Å²) in [6.07, 6.45) is 5.36. The number of piperidine rings is 1. The lowest BCUT2D eigenvalue weighted by Gasteiger charge is -2.25. The zero-order valence-corrected chi connectivity index (χ0v) is 22.3. The number of sulfone groups is 1. The average Bonchev–Trinajstić information content (AvgIpc) is 3.19. The van der Waals surface area contributed by atoms with Crippen molar-refractivity contribution in [2.45, 2.75) is 56.7 Å². The Bertz CT molecular complexity index is 1330. The number of benzene rings is 1. The maximum absolute atomic E-state index is 12.8. The van der Waals surface area contributed by atoms with Gasteiger partial charge < -0.3 is 16.0 Å². The summed E-state index contributed by atoms with van der Waals surface area (Å²) in [7, 11) is -1.94. The first kappa shape index (κ1) is 25.4. The normalized spacial score (nSPS) is 14.9. The molecule has 11 heteroatoms. The molecule has 1 aromatic carbocycles. The van der Waals surface area contributed by atoms with Gasteiger partial charge in [0.15, 0.2) is 5.82 Å². The van der Waals surface area contributed by atoms with Crippen molar-refractivity contribution in [3.05, 3.63) is 46.2 Å². The first-order chi connectivity index (χ1) is 16.6. The van der Waals surface area contributed by atoms with Crippen LogP contribution in [0, 0.1) is 13.8 Å². The van der Waals surface area contributed by atoms with E-state index in [2.05, 4.69) is 57.0 Å². The third-order valence-electron chi connectivity index (χ3n) is 6.32. The van der Waals surface area contributed by atoms with Crippen LogP contribution < -0.4 is 16.0 Å². The molecule has 1 aliphatic rings. The second-order valence-corrected chi connectivity index (χ2v) is 12.1. The zero-order valence-electron chi connectivity index (χ0n) is 20.7. The fourth-order valence-corrected chi connectivity index (χ4v) is 5.53. The Labute approximate surface area is 211 Å². The van der Waals surface area contributed by atoms with E-state index in [1.807, 2.05) is 0 Å². The smallest absolute Gasteiger partial charge is 0.229 e. The van der Waals surface area contributed by atoms with Crippen LogP contribution in [0.1, 0.15) is 49.3 Å². The van der Waals surface area contributed by atoms with E-state index in [-0.39, 0.29) is 15.9 Å². The van der Waals surface area contributed by atoms with Crippen LogP contribution in [0.3, 0.4) is 0 Å². The van der Waals surface area contributed by atoms with Crippen LogP contribution in [0.25, 0.3) is 0 Å². The van der Waals surface area contributed by atoms with Crippen molar-refractivity contribution in [2.24, 2.45) is 7.05 Å². The first-order valence-electron chi connectivity index (χ1n) is 11.7. The molecule has 188 valence electrons. The lowest BCUT2D eigenvalue weighted by Crippen LogP contribution is -2.27. The standard InChI is InChI=1S/C24H32ClN7O2S/c1-14(2)35(33,34)23-21(13-32(5)31-23)28-22-19(25)12-27-24(30-22)29-20-11-15(3)18(10-16(20)4)17-6-8-26-9-7-17/h10-14,17,26H,6-9H2,1-5H3,(H2,27,28,29,30). The minimum absolute atomic E-state index is 0.0424. The fraction of sp³-hybridized carbons (Fsp3) is 0.458. The molecule has 0 amide bonds. The van der Waals surface area contributed by atoms with Gasteiger partial charge in [-0.1, -0.05) is 17.7 Å². The van der Waals surface area contributed by atoms with Gasteiger partial charge in [-0.05, 0) is 82.3 Å². The van der Waals surface area contributed by atoms with E-state index >= 15 is 0 Å². The number of rotatable bonds is 7. The number of nitrogens with one attached hydrogen (secondary N) is 3. The largest absolute Gasteiger partial charge is 0.335 e. The maximum Gasteiger partial charge on any atom is 0.229 e. The van der Waals surface area contributed by atoms with Crippen LogP contribution in [0.2, 0.25) is 5.02 Å². The zero-order chi connectivity index (χ0) is 25.3. The van der Waals surface area contributed by atoms with Crippen molar-refractivity contribution in [1.82, 2.24) is 25.1 Å². The molecule has 0 bridgehead atoms. The Morgan fingerprint density at radius 1 is 1.11 bits per heavy atom. The molecule has 0 saturated carbocycles. The monoisotopic (exact) mass is 517 g/mol. The van der Waals surface area contributed by atoms with E-state index in [0.29, 0.717) is 17.6 Å². The summed E-state index contributed by atoms with van der Waals surface area (Å²) < 4.78 is 27.0. The lowest BCUT2D eigenvalue weighted by molar-refractivity contribution is 0.459. The Hall–Kier alpha value is -2.69. The van der Waals surface area contributed by atoms with Gasteiger partial charge in [0, 0.05) is 18.9 Å². The van der Waals surface area contributed by atoms with Crippen LogP contribution in [0.15, 0.2) is 29.6 Å². The molecule has 1 fully saturated rings. The summed E-state index contributed by atoms with van der Waals surface area (Å²) in [5.74, 6) is 1.21. The number of hydrogen-bond acceptors (Lipinski definition) is 8. The highest BCUT2D eigenvalue weighted by atomic mass is 35.5. The maximum atomic E-state index is 12.8. The van der Waals surface area contributed by atoms with Crippen LogP contribution >= 0.6 is 11.6 Å². The van der Waals surface area contributed by atoms with Gasteiger partial charge in [0.1, 0.15) is 5.02 Å². The molecule has 0 spiro atoms. The molecular formula is C24H32ClN7O2S. The molecule has 1 saturated heterocycles. The number of aryl methyl sites for hydroxylation is 3. The van der Waals surface area contributed by atoms with Gasteiger partial charge in [0.05, 0.1) is 17.1 Å². The van der Waals surface area contributed by atoms with Crippen molar-refractivity contribution in [3.8, 4) is 0 Å². The molecule has 2 aromatic heterocycles. The lowest BCUT2D eigenvalue weighted by atomic mass is 9.86. The SMILES string of the molecule is Cc1cc(C2CCNCC2)c(C)cc1Nc1ncc(Cl)c(Nc2cn(C)nc2S(=O)(=O)C(C)C)n1. The van der Waals surface area contributed by atoms with Gasteiger partial charge >= 0.3 is 0 Å². The minimum atomic E-state index is -3.60. The van der Waals surface area contributed by atoms with Crippen LogP contribution in [0.4, 0.5) is 23.1 Å². The first-order valence-corrected chi connectivity index (χ1v) is 13.6.